The van der Waals surface area contributed by atoms with Crippen molar-refractivity contribution in [2.45, 2.75) is 13.3 Å². The van der Waals surface area contributed by atoms with Crippen molar-refractivity contribution in [3.8, 4) is 5.75 Å². The fourth-order valence-corrected chi connectivity index (χ4v) is 1.38. The molecule has 1 aromatic rings. The molecule has 0 atom stereocenters. The van der Waals surface area contributed by atoms with Crippen molar-refractivity contribution in [1.82, 2.24) is 0 Å². The predicted octanol–water partition coefficient (Wildman–Crippen LogP) is 2.07. The van der Waals surface area contributed by atoms with Crippen LogP contribution in [0.5, 0.6) is 5.75 Å². The summed E-state index contributed by atoms with van der Waals surface area (Å²) in [6.07, 6.45) is 0.913. The molecule has 0 radical (unpaired) electrons. The van der Waals surface area contributed by atoms with E-state index in [2.05, 4.69) is 0 Å². The van der Waals surface area contributed by atoms with Crippen molar-refractivity contribution < 1.29 is 9.13 Å². The van der Waals surface area contributed by atoms with Crippen molar-refractivity contribution in [2.24, 2.45) is 0 Å². The minimum Gasteiger partial charge on any atom is -0.493 e. The van der Waals surface area contributed by atoms with Gasteiger partial charge in [-0.2, -0.15) is 0 Å². The Bertz CT molecular complexity index is 294. The zero-order valence-electron chi connectivity index (χ0n) is 6.36. The maximum atomic E-state index is 12.9. The van der Waals surface area contributed by atoms with E-state index in [0.717, 1.165) is 17.7 Å². The SMILES string of the molecule is Cc1c(F)ccc2c1OCC2. The Morgan fingerprint density at radius 3 is 3.09 bits per heavy atom. The number of rotatable bonds is 0. The minimum absolute atomic E-state index is 0.175. The highest BCUT2D eigenvalue weighted by Crippen LogP contribution is 2.30. The van der Waals surface area contributed by atoms with Crippen LogP contribution in [0.1, 0.15) is 11.1 Å². The van der Waals surface area contributed by atoms with Crippen molar-refractivity contribution in [2.75, 3.05) is 6.61 Å². The molecular weight excluding hydrogens is 143 g/mol. The van der Waals surface area contributed by atoms with E-state index in [-0.39, 0.29) is 5.82 Å². The average Bonchev–Trinajstić information content (AvgIpc) is 2.45. The van der Waals surface area contributed by atoms with Crippen molar-refractivity contribution in [3.05, 3.63) is 29.1 Å². The molecule has 1 aromatic carbocycles. The molecule has 0 fully saturated rings. The van der Waals surface area contributed by atoms with Crippen LogP contribution in [0.25, 0.3) is 0 Å². The van der Waals surface area contributed by atoms with Gasteiger partial charge in [0.1, 0.15) is 11.6 Å². The molecule has 1 aliphatic rings. The van der Waals surface area contributed by atoms with Gasteiger partial charge in [0, 0.05) is 12.0 Å². The van der Waals surface area contributed by atoms with E-state index in [1.54, 1.807) is 13.0 Å². The monoisotopic (exact) mass is 152 g/mol. The summed E-state index contributed by atoms with van der Waals surface area (Å²) in [5.41, 5.74) is 1.77. The second-order valence-corrected chi connectivity index (χ2v) is 2.76. The van der Waals surface area contributed by atoms with Gasteiger partial charge in [0.2, 0.25) is 0 Å². The molecule has 1 heterocycles. The first-order valence-electron chi connectivity index (χ1n) is 3.70. The zero-order chi connectivity index (χ0) is 7.84. The molecule has 0 saturated heterocycles. The van der Waals surface area contributed by atoms with Gasteiger partial charge in [-0.3, -0.25) is 0 Å². The summed E-state index contributed by atoms with van der Waals surface area (Å²) < 4.78 is 18.2. The van der Waals surface area contributed by atoms with E-state index in [4.69, 9.17) is 4.74 Å². The summed E-state index contributed by atoms with van der Waals surface area (Å²) in [7, 11) is 0. The van der Waals surface area contributed by atoms with Crippen LogP contribution in [0.2, 0.25) is 0 Å². The first-order valence-corrected chi connectivity index (χ1v) is 3.70. The lowest BCUT2D eigenvalue weighted by Crippen LogP contribution is -1.89. The number of fused-ring (bicyclic) bond motifs is 1. The molecule has 0 amide bonds. The molecule has 0 aliphatic carbocycles. The lowest BCUT2D eigenvalue weighted by molar-refractivity contribution is 0.352. The normalized spacial score (nSPS) is 14.4. The summed E-state index contributed by atoms with van der Waals surface area (Å²) in [6.45, 7) is 2.44. The van der Waals surface area contributed by atoms with Crippen LogP contribution in [0, 0.1) is 12.7 Å². The van der Waals surface area contributed by atoms with Crippen molar-refractivity contribution >= 4 is 0 Å². The Morgan fingerprint density at radius 1 is 1.45 bits per heavy atom. The van der Waals surface area contributed by atoms with Gasteiger partial charge < -0.3 is 4.74 Å². The molecule has 11 heavy (non-hydrogen) atoms. The zero-order valence-corrected chi connectivity index (χ0v) is 6.36. The maximum Gasteiger partial charge on any atom is 0.129 e. The van der Waals surface area contributed by atoms with E-state index >= 15 is 0 Å². The van der Waals surface area contributed by atoms with Gasteiger partial charge in [0.05, 0.1) is 6.61 Å². The molecule has 0 saturated carbocycles. The van der Waals surface area contributed by atoms with E-state index in [0.29, 0.717) is 12.2 Å². The maximum absolute atomic E-state index is 12.9. The molecule has 1 aliphatic heterocycles. The topological polar surface area (TPSA) is 9.23 Å². The van der Waals surface area contributed by atoms with Crippen molar-refractivity contribution in [1.29, 1.82) is 0 Å². The van der Waals surface area contributed by atoms with E-state index in [9.17, 15) is 4.39 Å². The van der Waals surface area contributed by atoms with Crippen molar-refractivity contribution in [3.63, 3.8) is 0 Å². The quantitative estimate of drug-likeness (QED) is 0.553. The first kappa shape index (κ1) is 6.65. The molecule has 58 valence electrons. The lowest BCUT2D eigenvalue weighted by atomic mass is 10.1. The van der Waals surface area contributed by atoms with Crippen LogP contribution in [-0.2, 0) is 6.42 Å². The summed E-state index contributed by atoms with van der Waals surface area (Å²) in [4.78, 5) is 0. The Morgan fingerprint density at radius 2 is 2.27 bits per heavy atom. The lowest BCUT2D eigenvalue weighted by Gasteiger charge is -2.03. The number of ether oxygens (including phenoxy) is 1. The summed E-state index contributed by atoms with van der Waals surface area (Å²) in [6, 6.07) is 3.30. The third kappa shape index (κ3) is 0.897. The largest absolute Gasteiger partial charge is 0.493 e. The number of benzene rings is 1. The van der Waals surface area contributed by atoms with Crippen LogP contribution in [0.3, 0.4) is 0 Å². The fourth-order valence-electron chi connectivity index (χ4n) is 1.38. The van der Waals surface area contributed by atoms with Gasteiger partial charge in [-0.15, -0.1) is 0 Å². The van der Waals surface area contributed by atoms with Gasteiger partial charge in [-0.05, 0) is 18.6 Å². The fraction of sp³-hybridized carbons (Fsp3) is 0.333. The third-order valence-electron chi connectivity index (χ3n) is 2.04. The van der Waals surface area contributed by atoms with Crippen LogP contribution in [0.4, 0.5) is 4.39 Å². The first-order chi connectivity index (χ1) is 5.29. The van der Waals surface area contributed by atoms with Gasteiger partial charge in [-0.1, -0.05) is 6.07 Å². The Hall–Kier alpha value is -1.05. The Labute approximate surface area is 64.8 Å². The van der Waals surface area contributed by atoms with Crippen LogP contribution in [-0.4, -0.2) is 6.61 Å². The Kier molecular flexibility index (Phi) is 1.34. The summed E-state index contributed by atoms with van der Waals surface area (Å²) >= 11 is 0. The molecular formula is C9H9FO. The second kappa shape index (κ2) is 2.22. The molecule has 0 unspecified atom stereocenters. The molecule has 0 N–H and O–H groups in total. The number of halogens is 1. The minimum atomic E-state index is -0.175. The Balaban J connectivity index is 2.62. The smallest absolute Gasteiger partial charge is 0.129 e. The standard InChI is InChI=1S/C9H9FO/c1-6-8(10)3-2-7-4-5-11-9(6)7/h2-3H,4-5H2,1H3. The highest BCUT2D eigenvalue weighted by atomic mass is 19.1. The van der Waals surface area contributed by atoms with E-state index in [1.165, 1.54) is 6.07 Å². The van der Waals surface area contributed by atoms with Gasteiger partial charge in [0.15, 0.2) is 0 Å². The summed E-state index contributed by atoms with van der Waals surface area (Å²) in [5, 5.41) is 0. The van der Waals surface area contributed by atoms with Gasteiger partial charge in [0.25, 0.3) is 0 Å². The average molecular weight is 152 g/mol. The highest BCUT2D eigenvalue weighted by Gasteiger charge is 2.16. The second-order valence-electron chi connectivity index (χ2n) is 2.76. The van der Waals surface area contributed by atoms with Gasteiger partial charge >= 0.3 is 0 Å². The van der Waals surface area contributed by atoms with Gasteiger partial charge in [-0.25, -0.2) is 4.39 Å². The van der Waals surface area contributed by atoms with Crippen LogP contribution >= 0.6 is 0 Å². The molecule has 0 aromatic heterocycles. The molecule has 2 rings (SSSR count). The van der Waals surface area contributed by atoms with E-state index < -0.39 is 0 Å². The van der Waals surface area contributed by atoms with Crippen LogP contribution in [0.15, 0.2) is 12.1 Å². The number of hydrogen-bond acceptors (Lipinski definition) is 1. The summed E-state index contributed by atoms with van der Waals surface area (Å²) in [5.74, 6) is 0.579. The van der Waals surface area contributed by atoms with Crippen LogP contribution < -0.4 is 4.74 Å². The molecule has 2 heteroatoms. The predicted molar refractivity (Wildman–Crippen MR) is 40.3 cm³/mol. The van der Waals surface area contributed by atoms with E-state index in [1.807, 2.05) is 0 Å². The molecule has 0 bridgehead atoms. The molecule has 0 spiro atoms. The highest BCUT2D eigenvalue weighted by molar-refractivity contribution is 5.43. The molecule has 1 nitrogen and oxygen atoms in total. The number of hydrogen-bond donors (Lipinski definition) is 0. The third-order valence-corrected chi connectivity index (χ3v) is 2.04.